The fourth-order valence-corrected chi connectivity index (χ4v) is 2.00. The monoisotopic (exact) mass is 334 g/mol. The summed E-state index contributed by atoms with van der Waals surface area (Å²) in [6, 6.07) is 6.14. The van der Waals surface area contributed by atoms with E-state index in [1.165, 1.54) is 12.3 Å². The van der Waals surface area contributed by atoms with E-state index in [4.69, 9.17) is 46.4 Å². The fourth-order valence-electron chi connectivity index (χ4n) is 1.36. The van der Waals surface area contributed by atoms with Crippen LogP contribution in [0.3, 0.4) is 0 Å². The van der Waals surface area contributed by atoms with Gasteiger partial charge >= 0.3 is 0 Å². The first-order valence-electron chi connectivity index (χ1n) is 5.05. The molecular formula is C12H6Cl4N2O. The van der Waals surface area contributed by atoms with Crippen LogP contribution in [0, 0.1) is 0 Å². The summed E-state index contributed by atoms with van der Waals surface area (Å²) < 4.78 is 0. The second-order valence-corrected chi connectivity index (χ2v) is 5.18. The Morgan fingerprint density at radius 2 is 1.74 bits per heavy atom. The SMILES string of the molecule is O=C(Nc1ccc(Cl)c(Cl)c1)c1cc(Cl)ncc1Cl. The van der Waals surface area contributed by atoms with Crippen molar-refractivity contribution in [1.29, 1.82) is 0 Å². The number of carbonyl (C=O) groups excluding carboxylic acids is 1. The van der Waals surface area contributed by atoms with E-state index in [9.17, 15) is 4.79 Å². The number of benzene rings is 1. The Balaban J connectivity index is 2.25. The molecule has 0 aliphatic carbocycles. The molecule has 2 aromatic rings. The molecule has 0 fully saturated rings. The smallest absolute Gasteiger partial charge is 0.257 e. The van der Waals surface area contributed by atoms with Gasteiger partial charge in [-0.3, -0.25) is 4.79 Å². The minimum atomic E-state index is -0.410. The minimum absolute atomic E-state index is 0.184. The highest BCUT2D eigenvalue weighted by atomic mass is 35.5. The van der Waals surface area contributed by atoms with E-state index < -0.39 is 5.91 Å². The molecule has 7 heteroatoms. The zero-order valence-corrected chi connectivity index (χ0v) is 12.3. The summed E-state index contributed by atoms with van der Waals surface area (Å²) in [5.41, 5.74) is 0.733. The van der Waals surface area contributed by atoms with Crippen LogP contribution in [-0.4, -0.2) is 10.9 Å². The predicted octanol–water partition coefficient (Wildman–Crippen LogP) is 4.95. The van der Waals surface area contributed by atoms with Gasteiger partial charge in [-0.2, -0.15) is 0 Å². The van der Waals surface area contributed by atoms with Crippen LogP contribution < -0.4 is 5.32 Å². The van der Waals surface area contributed by atoms with Gasteiger partial charge in [0.15, 0.2) is 0 Å². The summed E-state index contributed by atoms with van der Waals surface area (Å²) >= 11 is 23.3. The van der Waals surface area contributed by atoms with E-state index in [1.807, 2.05) is 0 Å². The lowest BCUT2D eigenvalue weighted by Crippen LogP contribution is -2.12. The van der Waals surface area contributed by atoms with Gasteiger partial charge in [0.1, 0.15) is 5.15 Å². The molecule has 0 spiro atoms. The summed E-state index contributed by atoms with van der Waals surface area (Å²) in [4.78, 5) is 15.8. The largest absolute Gasteiger partial charge is 0.322 e. The maximum Gasteiger partial charge on any atom is 0.257 e. The molecule has 0 unspecified atom stereocenters. The van der Waals surface area contributed by atoms with E-state index in [2.05, 4.69) is 10.3 Å². The number of amides is 1. The maximum atomic E-state index is 12.0. The Kier molecular flexibility index (Phi) is 4.53. The number of nitrogens with zero attached hydrogens (tertiary/aromatic N) is 1. The third-order valence-corrected chi connectivity index (χ3v) is 3.49. The number of nitrogens with one attached hydrogen (secondary N) is 1. The zero-order valence-electron chi connectivity index (χ0n) is 9.25. The number of aromatic nitrogens is 1. The molecular weight excluding hydrogens is 330 g/mol. The number of halogens is 4. The lowest BCUT2D eigenvalue weighted by Gasteiger charge is -2.07. The lowest BCUT2D eigenvalue weighted by molar-refractivity contribution is 0.102. The Morgan fingerprint density at radius 3 is 2.42 bits per heavy atom. The molecule has 0 saturated carbocycles. The quantitative estimate of drug-likeness (QED) is 0.789. The highest BCUT2D eigenvalue weighted by Gasteiger charge is 2.12. The van der Waals surface area contributed by atoms with E-state index in [0.29, 0.717) is 15.7 Å². The molecule has 1 aromatic carbocycles. The number of hydrogen-bond acceptors (Lipinski definition) is 2. The van der Waals surface area contributed by atoms with Gasteiger partial charge in [0, 0.05) is 11.9 Å². The highest BCUT2D eigenvalue weighted by Crippen LogP contribution is 2.26. The average Bonchev–Trinajstić information content (AvgIpc) is 2.36. The normalized spacial score (nSPS) is 10.3. The number of rotatable bonds is 2. The molecule has 1 heterocycles. The Bertz CT molecular complexity index is 646. The second kappa shape index (κ2) is 5.97. The summed E-state index contributed by atoms with van der Waals surface area (Å²) in [7, 11) is 0. The van der Waals surface area contributed by atoms with Crippen molar-refractivity contribution in [2.24, 2.45) is 0 Å². The molecule has 0 bridgehead atoms. The summed E-state index contributed by atoms with van der Waals surface area (Å²) in [6.07, 6.45) is 1.31. The Labute approximate surface area is 129 Å². The first-order valence-corrected chi connectivity index (χ1v) is 6.56. The highest BCUT2D eigenvalue weighted by molar-refractivity contribution is 6.42. The van der Waals surface area contributed by atoms with Gasteiger partial charge in [-0.1, -0.05) is 46.4 Å². The van der Waals surface area contributed by atoms with Crippen LogP contribution >= 0.6 is 46.4 Å². The zero-order chi connectivity index (χ0) is 14.0. The topological polar surface area (TPSA) is 42.0 Å². The number of anilines is 1. The molecule has 3 nitrogen and oxygen atoms in total. The molecule has 98 valence electrons. The van der Waals surface area contributed by atoms with Crippen molar-refractivity contribution >= 4 is 58.0 Å². The molecule has 1 amide bonds. The van der Waals surface area contributed by atoms with Crippen LogP contribution in [0.1, 0.15) is 10.4 Å². The van der Waals surface area contributed by atoms with Crippen molar-refractivity contribution in [3.63, 3.8) is 0 Å². The van der Waals surface area contributed by atoms with Gasteiger partial charge in [-0.15, -0.1) is 0 Å². The van der Waals surface area contributed by atoms with Gasteiger partial charge < -0.3 is 5.32 Å². The number of pyridine rings is 1. The molecule has 0 aliphatic heterocycles. The first-order chi connectivity index (χ1) is 8.97. The van der Waals surface area contributed by atoms with Gasteiger partial charge in [-0.05, 0) is 24.3 Å². The van der Waals surface area contributed by atoms with Crippen LogP contribution in [-0.2, 0) is 0 Å². The van der Waals surface area contributed by atoms with Gasteiger partial charge in [-0.25, -0.2) is 4.98 Å². The predicted molar refractivity (Wildman–Crippen MR) is 78.7 cm³/mol. The molecule has 0 aliphatic rings. The second-order valence-electron chi connectivity index (χ2n) is 3.57. The van der Waals surface area contributed by atoms with E-state index in [-0.39, 0.29) is 15.7 Å². The van der Waals surface area contributed by atoms with Crippen LogP contribution in [0.4, 0.5) is 5.69 Å². The van der Waals surface area contributed by atoms with E-state index in [0.717, 1.165) is 0 Å². The first kappa shape index (κ1) is 14.4. The average molecular weight is 336 g/mol. The summed E-state index contributed by atoms with van der Waals surface area (Å²) in [5, 5.41) is 3.79. The van der Waals surface area contributed by atoms with E-state index >= 15 is 0 Å². The lowest BCUT2D eigenvalue weighted by atomic mass is 10.2. The third kappa shape index (κ3) is 3.51. The molecule has 1 N–H and O–H groups in total. The van der Waals surface area contributed by atoms with Gasteiger partial charge in [0.2, 0.25) is 0 Å². The van der Waals surface area contributed by atoms with Crippen LogP contribution in [0.15, 0.2) is 30.5 Å². The fraction of sp³-hybridized carbons (Fsp3) is 0. The van der Waals surface area contributed by atoms with Gasteiger partial charge in [0.05, 0.1) is 20.6 Å². The Hall–Kier alpha value is -1.00. The molecule has 0 atom stereocenters. The number of carbonyl (C=O) groups is 1. The molecule has 19 heavy (non-hydrogen) atoms. The third-order valence-electron chi connectivity index (χ3n) is 2.24. The van der Waals surface area contributed by atoms with Crippen molar-refractivity contribution in [2.45, 2.75) is 0 Å². The number of hydrogen-bond donors (Lipinski definition) is 1. The van der Waals surface area contributed by atoms with Crippen molar-refractivity contribution in [3.8, 4) is 0 Å². The molecule has 2 rings (SSSR count). The van der Waals surface area contributed by atoms with Crippen LogP contribution in [0.25, 0.3) is 0 Å². The molecule has 1 aromatic heterocycles. The minimum Gasteiger partial charge on any atom is -0.322 e. The van der Waals surface area contributed by atoms with Crippen LogP contribution in [0.5, 0.6) is 0 Å². The standard InChI is InChI=1S/C12H6Cl4N2O/c13-8-2-1-6(3-9(8)14)18-12(19)7-4-11(16)17-5-10(7)15/h1-5H,(H,18,19). The van der Waals surface area contributed by atoms with Crippen molar-refractivity contribution < 1.29 is 4.79 Å². The summed E-state index contributed by atoms with van der Waals surface area (Å²) in [5.74, 6) is -0.410. The van der Waals surface area contributed by atoms with Gasteiger partial charge in [0.25, 0.3) is 5.91 Å². The van der Waals surface area contributed by atoms with Crippen molar-refractivity contribution in [2.75, 3.05) is 5.32 Å². The maximum absolute atomic E-state index is 12.0. The summed E-state index contributed by atoms with van der Waals surface area (Å²) in [6.45, 7) is 0. The molecule has 0 radical (unpaired) electrons. The molecule has 0 saturated heterocycles. The van der Waals surface area contributed by atoms with Crippen molar-refractivity contribution in [3.05, 3.63) is 56.2 Å². The Morgan fingerprint density at radius 1 is 1.00 bits per heavy atom. The van der Waals surface area contributed by atoms with Crippen LogP contribution in [0.2, 0.25) is 20.2 Å². The van der Waals surface area contributed by atoms with E-state index in [1.54, 1.807) is 18.2 Å². The van der Waals surface area contributed by atoms with Crippen molar-refractivity contribution in [1.82, 2.24) is 4.98 Å².